The summed E-state index contributed by atoms with van der Waals surface area (Å²) in [5.41, 5.74) is 1.13. The number of rotatable bonds is 6. The standard InChI is InChI=1S/C16H18Br2N2O/c1-3-6-20-11(2)15-5-4-12(17)8-16(15)21-14-7-13(18)9-19-10-14/h4-5,7-11,20H,3,6H2,1-2H3. The Morgan fingerprint density at radius 1 is 1.19 bits per heavy atom. The zero-order chi connectivity index (χ0) is 15.2. The van der Waals surface area contributed by atoms with Crippen molar-refractivity contribution in [2.75, 3.05) is 6.54 Å². The van der Waals surface area contributed by atoms with Gasteiger partial charge in [0, 0.05) is 26.7 Å². The van der Waals surface area contributed by atoms with Gasteiger partial charge in [0.05, 0.1) is 6.20 Å². The highest BCUT2D eigenvalue weighted by molar-refractivity contribution is 9.10. The number of aromatic nitrogens is 1. The molecule has 0 aliphatic rings. The van der Waals surface area contributed by atoms with E-state index >= 15 is 0 Å². The number of hydrogen-bond acceptors (Lipinski definition) is 3. The van der Waals surface area contributed by atoms with Crippen LogP contribution < -0.4 is 10.1 Å². The summed E-state index contributed by atoms with van der Waals surface area (Å²) in [4.78, 5) is 4.13. The van der Waals surface area contributed by atoms with Gasteiger partial charge in [0.2, 0.25) is 0 Å². The minimum absolute atomic E-state index is 0.230. The number of nitrogens with one attached hydrogen (secondary N) is 1. The minimum atomic E-state index is 0.230. The molecule has 0 bridgehead atoms. The Morgan fingerprint density at radius 2 is 2.00 bits per heavy atom. The lowest BCUT2D eigenvalue weighted by Crippen LogP contribution is -2.19. The van der Waals surface area contributed by atoms with Crippen LogP contribution in [-0.4, -0.2) is 11.5 Å². The van der Waals surface area contributed by atoms with E-state index in [1.807, 2.05) is 18.2 Å². The molecule has 0 saturated carbocycles. The molecule has 21 heavy (non-hydrogen) atoms. The molecule has 0 aliphatic heterocycles. The molecule has 0 aliphatic carbocycles. The third-order valence-corrected chi connectivity index (χ3v) is 3.98. The summed E-state index contributed by atoms with van der Waals surface area (Å²) in [7, 11) is 0. The normalized spacial score (nSPS) is 12.2. The van der Waals surface area contributed by atoms with Crippen LogP contribution in [0.2, 0.25) is 0 Å². The monoisotopic (exact) mass is 412 g/mol. The van der Waals surface area contributed by atoms with Crippen molar-refractivity contribution in [2.24, 2.45) is 0 Å². The van der Waals surface area contributed by atoms with Gasteiger partial charge in [-0.15, -0.1) is 0 Å². The summed E-state index contributed by atoms with van der Waals surface area (Å²) in [6.07, 6.45) is 4.55. The van der Waals surface area contributed by atoms with Gasteiger partial charge in [0.1, 0.15) is 11.5 Å². The molecule has 0 saturated heterocycles. The van der Waals surface area contributed by atoms with Crippen LogP contribution in [0.15, 0.2) is 45.6 Å². The fourth-order valence-electron chi connectivity index (χ4n) is 2.00. The van der Waals surface area contributed by atoms with Gasteiger partial charge in [-0.1, -0.05) is 28.9 Å². The van der Waals surface area contributed by atoms with Gasteiger partial charge in [-0.25, -0.2) is 0 Å². The summed E-state index contributed by atoms with van der Waals surface area (Å²) in [5, 5.41) is 3.49. The fraction of sp³-hybridized carbons (Fsp3) is 0.312. The van der Waals surface area contributed by atoms with Crippen molar-refractivity contribution >= 4 is 31.9 Å². The van der Waals surface area contributed by atoms with Crippen LogP contribution in [0.3, 0.4) is 0 Å². The van der Waals surface area contributed by atoms with E-state index in [1.54, 1.807) is 12.4 Å². The summed E-state index contributed by atoms with van der Waals surface area (Å²) in [5.74, 6) is 1.55. The number of benzene rings is 1. The van der Waals surface area contributed by atoms with Crippen molar-refractivity contribution in [2.45, 2.75) is 26.3 Å². The van der Waals surface area contributed by atoms with E-state index in [0.717, 1.165) is 33.2 Å². The average Bonchev–Trinajstić information content (AvgIpc) is 2.45. The first-order chi connectivity index (χ1) is 10.1. The van der Waals surface area contributed by atoms with Crippen molar-refractivity contribution in [1.82, 2.24) is 10.3 Å². The lowest BCUT2D eigenvalue weighted by Gasteiger charge is -2.18. The van der Waals surface area contributed by atoms with Gasteiger partial charge in [-0.05, 0) is 54.0 Å². The summed E-state index contributed by atoms with van der Waals surface area (Å²) >= 11 is 6.91. The van der Waals surface area contributed by atoms with Crippen molar-refractivity contribution in [1.29, 1.82) is 0 Å². The van der Waals surface area contributed by atoms with E-state index < -0.39 is 0 Å². The van der Waals surface area contributed by atoms with E-state index in [9.17, 15) is 0 Å². The maximum Gasteiger partial charge on any atom is 0.146 e. The third-order valence-electron chi connectivity index (χ3n) is 3.05. The van der Waals surface area contributed by atoms with Gasteiger partial charge in [-0.3, -0.25) is 4.98 Å². The molecule has 0 radical (unpaired) electrons. The Morgan fingerprint density at radius 3 is 2.71 bits per heavy atom. The van der Waals surface area contributed by atoms with E-state index in [4.69, 9.17) is 4.74 Å². The van der Waals surface area contributed by atoms with Crippen LogP contribution in [0.1, 0.15) is 31.9 Å². The van der Waals surface area contributed by atoms with Crippen molar-refractivity contribution in [3.05, 3.63) is 51.2 Å². The SMILES string of the molecule is CCCNC(C)c1ccc(Br)cc1Oc1cncc(Br)c1. The first-order valence-corrected chi connectivity index (χ1v) is 8.50. The van der Waals surface area contributed by atoms with E-state index in [-0.39, 0.29) is 6.04 Å². The topological polar surface area (TPSA) is 34.1 Å². The molecular weight excluding hydrogens is 396 g/mol. The molecule has 1 unspecified atom stereocenters. The Hall–Kier alpha value is -0.910. The lowest BCUT2D eigenvalue weighted by molar-refractivity contribution is 0.458. The summed E-state index contributed by atoms with van der Waals surface area (Å²) in [6, 6.07) is 8.24. The molecule has 0 fully saturated rings. The zero-order valence-corrected chi connectivity index (χ0v) is 15.2. The maximum absolute atomic E-state index is 6.01. The molecule has 0 amide bonds. The Balaban J connectivity index is 2.26. The second-order valence-electron chi connectivity index (χ2n) is 4.80. The van der Waals surface area contributed by atoms with Crippen molar-refractivity contribution in [3.8, 4) is 11.5 Å². The minimum Gasteiger partial charge on any atom is -0.455 e. The second kappa shape index (κ2) is 7.92. The number of pyridine rings is 1. The number of ether oxygens (including phenoxy) is 1. The van der Waals surface area contributed by atoms with Gasteiger partial charge < -0.3 is 10.1 Å². The first-order valence-electron chi connectivity index (χ1n) is 6.91. The highest BCUT2D eigenvalue weighted by atomic mass is 79.9. The van der Waals surface area contributed by atoms with Crippen molar-refractivity contribution in [3.63, 3.8) is 0 Å². The predicted octanol–water partition coefficient (Wildman–Crippen LogP) is 5.46. The third kappa shape index (κ3) is 4.80. The maximum atomic E-state index is 6.01. The quantitative estimate of drug-likeness (QED) is 0.682. The molecule has 3 nitrogen and oxygen atoms in total. The predicted molar refractivity (Wildman–Crippen MR) is 92.9 cm³/mol. The summed E-state index contributed by atoms with van der Waals surface area (Å²) < 4.78 is 7.90. The van der Waals surface area contributed by atoms with Crippen LogP contribution >= 0.6 is 31.9 Å². The van der Waals surface area contributed by atoms with Crippen LogP contribution in [-0.2, 0) is 0 Å². The number of hydrogen-bond donors (Lipinski definition) is 1. The van der Waals surface area contributed by atoms with E-state index in [0.29, 0.717) is 5.75 Å². The van der Waals surface area contributed by atoms with E-state index in [1.165, 1.54) is 0 Å². The van der Waals surface area contributed by atoms with Gasteiger partial charge in [-0.2, -0.15) is 0 Å². The second-order valence-corrected chi connectivity index (χ2v) is 6.63. The molecule has 2 rings (SSSR count). The number of halogens is 2. The highest BCUT2D eigenvalue weighted by Crippen LogP contribution is 2.32. The molecule has 5 heteroatoms. The molecule has 1 heterocycles. The fourth-order valence-corrected chi connectivity index (χ4v) is 2.68. The van der Waals surface area contributed by atoms with Crippen LogP contribution in [0, 0.1) is 0 Å². The average molecular weight is 414 g/mol. The Labute approximate surface area is 142 Å². The van der Waals surface area contributed by atoms with Gasteiger partial charge >= 0.3 is 0 Å². The largest absolute Gasteiger partial charge is 0.455 e. The molecule has 0 spiro atoms. The van der Waals surface area contributed by atoms with Crippen molar-refractivity contribution < 1.29 is 4.74 Å². The summed E-state index contributed by atoms with van der Waals surface area (Å²) in [6.45, 7) is 5.28. The van der Waals surface area contributed by atoms with Crippen LogP contribution in [0.25, 0.3) is 0 Å². The molecule has 1 aromatic heterocycles. The molecule has 112 valence electrons. The highest BCUT2D eigenvalue weighted by Gasteiger charge is 2.12. The molecule has 1 atom stereocenters. The first kappa shape index (κ1) is 16.5. The lowest BCUT2D eigenvalue weighted by atomic mass is 10.1. The molecule has 1 aromatic carbocycles. The molecular formula is C16H18Br2N2O. The molecule has 1 N–H and O–H groups in total. The Bertz CT molecular complexity index is 605. The van der Waals surface area contributed by atoms with Crippen LogP contribution in [0.5, 0.6) is 11.5 Å². The zero-order valence-electron chi connectivity index (χ0n) is 12.1. The number of nitrogens with zero attached hydrogens (tertiary/aromatic N) is 1. The van der Waals surface area contributed by atoms with Gasteiger partial charge in [0.15, 0.2) is 0 Å². The van der Waals surface area contributed by atoms with Gasteiger partial charge in [0.25, 0.3) is 0 Å². The van der Waals surface area contributed by atoms with Crippen LogP contribution in [0.4, 0.5) is 0 Å². The molecule has 2 aromatic rings. The Kier molecular flexibility index (Phi) is 6.21. The smallest absolute Gasteiger partial charge is 0.146 e. The van der Waals surface area contributed by atoms with E-state index in [2.05, 4.69) is 62.1 Å².